The molecular formula is C10H11ClN4O3S. The first-order valence-electron chi connectivity index (χ1n) is 5.26. The van der Waals surface area contributed by atoms with Gasteiger partial charge >= 0.3 is 0 Å². The molecule has 3 N–H and O–H groups in total. The molecule has 0 radical (unpaired) electrons. The Bertz CT molecular complexity index is 657. The minimum atomic E-state index is -3.67. The summed E-state index contributed by atoms with van der Waals surface area (Å²) in [6.45, 7) is 0.104. The summed E-state index contributed by atoms with van der Waals surface area (Å²) in [7, 11) is -3.67. The Kier molecular flexibility index (Phi) is 4.15. The summed E-state index contributed by atoms with van der Waals surface area (Å²) in [4.78, 5) is 3.80. The largest absolute Gasteiger partial charge is 0.343 e. The van der Waals surface area contributed by atoms with E-state index >= 15 is 0 Å². The number of aromatic nitrogens is 2. The highest BCUT2D eigenvalue weighted by atomic mass is 35.5. The molecule has 0 unspecified atom stereocenters. The van der Waals surface area contributed by atoms with E-state index in [2.05, 4.69) is 19.4 Å². The van der Waals surface area contributed by atoms with Gasteiger partial charge < -0.3 is 10.3 Å². The number of nitrogens with one attached hydrogen (secondary N) is 1. The zero-order chi connectivity index (χ0) is 13.9. The van der Waals surface area contributed by atoms with Crippen LogP contribution in [-0.4, -0.2) is 18.6 Å². The quantitative estimate of drug-likeness (QED) is 0.839. The molecule has 0 spiro atoms. The Balaban J connectivity index is 2.19. The number of nitrogens with two attached hydrogens (primary N) is 1. The van der Waals surface area contributed by atoms with Crippen molar-refractivity contribution in [1.82, 2.24) is 14.9 Å². The van der Waals surface area contributed by atoms with E-state index in [1.54, 1.807) is 0 Å². The summed E-state index contributed by atoms with van der Waals surface area (Å²) in [5, 5.41) is 3.94. The highest BCUT2D eigenvalue weighted by Crippen LogP contribution is 2.20. The van der Waals surface area contributed by atoms with Gasteiger partial charge in [0.2, 0.25) is 16.4 Å². The second kappa shape index (κ2) is 5.66. The molecule has 1 aromatic heterocycles. The molecular weight excluding hydrogens is 292 g/mol. The maximum atomic E-state index is 12.0. The number of benzene rings is 1. The topological polar surface area (TPSA) is 111 Å². The maximum Gasteiger partial charge on any atom is 0.240 e. The van der Waals surface area contributed by atoms with E-state index < -0.39 is 10.0 Å². The Labute approximate surface area is 114 Å². The predicted octanol–water partition coefficient (Wildman–Crippen LogP) is 0.660. The lowest BCUT2D eigenvalue weighted by molar-refractivity contribution is 0.409. The second-order valence-electron chi connectivity index (χ2n) is 3.63. The van der Waals surface area contributed by atoms with Gasteiger partial charge in [0, 0.05) is 11.6 Å². The van der Waals surface area contributed by atoms with Gasteiger partial charge in [-0.2, -0.15) is 4.98 Å². The maximum absolute atomic E-state index is 12.0. The van der Waals surface area contributed by atoms with Crippen molar-refractivity contribution in [2.75, 3.05) is 0 Å². The third-order valence-corrected chi connectivity index (χ3v) is 4.14. The van der Waals surface area contributed by atoms with Crippen LogP contribution in [0.3, 0.4) is 0 Å². The molecule has 19 heavy (non-hydrogen) atoms. The Hall–Kier alpha value is -1.48. The van der Waals surface area contributed by atoms with Crippen LogP contribution in [-0.2, 0) is 23.1 Å². The number of nitrogens with zero attached hydrogens (tertiary/aromatic N) is 2. The van der Waals surface area contributed by atoms with Gasteiger partial charge in [0.25, 0.3) is 0 Å². The summed E-state index contributed by atoms with van der Waals surface area (Å²) < 4.78 is 30.9. The van der Waals surface area contributed by atoms with E-state index in [0.29, 0.717) is 10.6 Å². The van der Waals surface area contributed by atoms with Crippen molar-refractivity contribution in [1.29, 1.82) is 0 Å². The summed E-state index contributed by atoms with van der Waals surface area (Å²) in [6.07, 6.45) is 1.12. The monoisotopic (exact) mass is 302 g/mol. The predicted molar refractivity (Wildman–Crippen MR) is 67.7 cm³/mol. The van der Waals surface area contributed by atoms with E-state index in [-0.39, 0.29) is 23.8 Å². The fourth-order valence-corrected chi connectivity index (χ4v) is 2.61. The molecule has 0 amide bonds. The standard InChI is InChI=1S/C10H11ClN4O3S/c11-9-2-1-8(3-7(9)4-12)19(16,17)14-5-10-13-6-18-15-10/h1-3,6,14H,4-5,12H2. The molecule has 0 atom stereocenters. The highest BCUT2D eigenvalue weighted by molar-refractivity contribution is 7.89. The molecule has 102 valence electrons. The lowest BCUT2D eigenvalue weighted by atomic mass is 10.2. The number of halogens is 1. The normalized spacial score (nSPS) is 11.7. The third-order valence-electron chi connectivity index (χ3n) is 2.37. The number of sulfonamides is 1. The van der Waals surface area contributed by atoms with Crippen LogP contribution < -0.4 is 10.5 Å². The van der Waals surface area contributed by atoms with Crippen molar-refractivity contribution in [2.24, 2.45) is 5.73 Å². The second-order valence-corrected chi connectivity index (χ2v) is 5.80. The van der Waals surface area contributed by atoms with Gasteiger partial charge in [0.15, 0.2) is 5.82 Å². The van der Waals surface area contributed by atoms with E-state index in [1.807, 2.05) is 0 Å². The minimum Gasteiger partial charge on any atom is -0.343 e. The molecule has 0 aliphatic carbocycles. The van der Waals surface area contributed by atoms with Crippen molar-refractivity contribution < 1.29 is 12.9 Å². The van der Waals surface area contributed by atoms with Crippen LogP contribution in [0.5, 0.6) is 0 Å². The van der Waals surface area contributed by atoms with Crippen molar-refractivity contribution in [2.45, 2.75) is 18.0 Å². The van der Waals surface area contributed by atoms with E-state index in [1.165, 1.54) is 18.2 Å². The van der Waals surface area contributed by atoms with Crippen LogP contribution in [0.25, 0.3) is 0 Å². The van der Waals surface area contributed by atoms with Crippen LogP contribution in [0, 0.1) is 0 Å². The van der Waals surface area contributed by atoms with Crippen molar-refractivity contribution in [3.05, 3.63) is 41.0 Å². The highest BCUT2D eigenvalue weighted by Gasteiger charge is 2.16. The van der Waals surface area contributed by atoms with Crippen LogP contribution in [0.2, 0.25) is 5.02 Å². The van der Waals surface area contributed by atoms with Crippen LogP contribution in [0.4, 0.5) is 0 Å². The van der Waals surface area contributed by atoms with Gasteiger partial charge in [-0.05, 0) is 23.8 Å². The van der Waals surface area contributed by atoms with Gasteiger partial charge in [-0.1, -0.05) is 16.8 Å². The van der Waals surface area contributed by atoms with Crippen molar-refractivity contribution in [3.63, 3.8) is 0 Å². The van der Waals surface area contributed by atoms with Gasteiger partial charge in [-0.25, -0.2) is 13.1 Å². The first kappa shape index (κ1) is 13.9. The lowest BCUT2D eigenvalue weighted by Crippen LogP contribution is -2.24. The minimum absolute atomic E-state index is 0.0561. The molecule has 1 aromatic carbocycles. The third kappa shape index (κ3) is 3.29. The molecule has 0 bridgehead atoms. The fourth-order valence-electron chi connectivity index (χ4n) is 1.39. The lowest BCUT2D eigenvalue weighted by Gasteiger charge is -2.07. The van der Waals surface area contributed by atoms with Crippen LogP contribution >= 0.6 is 11.6 Å². The van der Waals surface area contributed by atoms with E-state index in [9.17, 15) is 8.42 Å². The molecule has 2 rings (SSSR count). The average molecular weight is 303 g/mol. The first-order chi connectivity index (χ1) is 9.03. The Morgan fingerprint density at radius 1 is 1.42 bits per heavy atom. The van der Waals surface area contributed by atoms with Crippen molar-refractivity contribution >= 4 is 21.6 Å². The number of hydrogen-bond donors (Lipinski definition) is 2. The summed E-state index contributed by atoms with van der Waals surface area (Å²) >= 11 is 5.88. The van der Waals surface area contributed by atoms with Gasteiger partial charge in [0.1, 0.15) is 0 Å². The zero-order valence-corrected chi connectivity index (χ0v) is 11.3. The van der Waals surface area contributed by atoms with Gasteiger partial charge in [-0.3, -0.25) is 0 Å². The molecule has 0 aliphatic rings. The van der Waals surface area contributed by atoms with Gasteiger partial charge in [-0.15, -0.1) is 0 Å². The molecule has 9 heteroatoms. The van der Waals surface area contributed by atoms with Crippen LogP contribution in [0.15, 0.2) is 34.0 Å². The first-order valence-corrected chi connectivity index (χ1v) is 7.12. The summed E-state index contributed by atoms with van der Waals surface area (Å²) in [5.74, 6) is 0.247. The molecule has 0 aliphatic heterocycles. The van der Waals surface area contributed by atoms with Crippen LogP contribution in [0.1, 0.15) is 11.4 Å². The molecule has 1 heterocycles. The molecule has 2 aromatic rings. The number of rotatable bonds is 5. The van der Waals surface area contributed by atoms with E-state index in [0.717, 1.165) is 6.39 Å². The van der Waals surface area contributed by atoms with Crippen molar-refractivity contribution in [3.8, 4) is 0 Å². The summed E-state index contributed by atoms with van der Waals surface area (Å²) in [6, 6.07) is 4.33. The van der Waals surface area contributed by atoms with E-state index in [4.69, 9.17) is 17.3 Å². The van der Waals surface area contributed by atoms with Gasteiger partial charge in [0.05, 0.1) is 11.4 Å². The number of hydrogen-bond acceptors (Lipinski definition) is 6. The fraction of sp³-hybridized carbons (Fsp3) is 0.200. The zero-order valence-electron chi connectivity index (χ0n) is 9.71. The average Bonchev–Trinajstić information content (AvgIpc) is 2.90. The molecule has 0 saturated carbocycles. The Morgan fingerprint density at radius 3 is 2.84 bits per heavy atom. The molecule has 0 saturated heterocycles. The Morgan fingerprint density at radius 2 is 2.21 bits per heavy atom. The molecule has 0 fully saturated rings. The molecule has 7 nitrogen and oxygen atoms in total. The summed E-state index contributed by atoms with van der Waals surface area (Å²) in [5.41, 5.74) is 6.04. The smallest absolute Gasteiger partial charge is 0.240 e. The SMILES string of the molecule is NCc1cc(S(=O)(=O)NCc2ncon2)ccc1Cl.